The van der Waals surface area contributed by atoms with E-state index in [4.69, 9.17) is 0 Å². The van der Waals surface area contributed by atoms with Crippen molar-refractivity contribution in [3.05, 3.63) is 11.4 Å². The van der Waals surface area contributed by atoms with E-state index >= 15 is 0 Å². The molecule has 100 valence electrons. The van der Waals surface area contributed by atoms with Crippen molar-refractivity contribution in [3.63, 3.8) is 0 Å². The van der Waals surface area contributed by atoms with E-state index in [0.717, 1.165) is 31.5 Å². The van der Waals surface area contributed by atoms with Gasteiger partial charge in [-0.1, -0.05) is 19.1 Å². The molecule has 2 heterocycles. The van der Waals surface area contributed by atoms with Crippen LogP contribution >= 0.6 is 0 Å². The van der Waals surface area contributed by atoms with Crippen LogP contribution in [0.3, 0.4) is 0 Å². The second kappa shape index (κ2) is 6.09. The lowest BCUT2D eigenvalue weighted by Gasteiger charge is -2.15. The first-order chi connectivity index (χ1) is 8.70. The molecule has 1 aromatic heterocycles. The van der Waals surface area contributed by atoms with Gasteiger partial charge in [0, 0.05) is 6.54 Å². The van der Waals surface area contributed by atoms with E-state index in [0.29, 0.717) is 11.6 Å². The van der Waals surface area contributed by atoms with Gasteiger partial charge in [0.1, 0.15) is 5.69 Å². The maximum Gasteiger partial charge on any atom is 0.172 e. The lowest BCUT2D eigenvalue weighted by molar-refractivity contribution is 0.111. The first-order valence-corrected chi connectivity index (χ1v) is 6.80. The number of likely N-dealkylation sites (tertiary alicyclic amines) is 1. The van der Waals surface area contributed by atoms with Crippen LogP contribution in [-0.2, 0) is 13.0 Å². The molecule has 0 saturated carbocycles. The molecule has 0 unspecified atom stereocenters. The number of hydrogen-bond donors (Lipinski definition) is 0. The Morgan fingerprint density at radius 1 is 1.28 bits per heavy atom. The lowest BCUT2D eigenvalue weighted by Crippen LogP contribution is -2.25. The van der Waals surface area contributed by atoms with Crippen molar-refractivity contribution in [2.24, 2.45) is 5.92 Å². The van der Waals surface area contributed by atoms with Gasteiger partial charge in [0.05, 0.1) is 12.2 Å². The Morgan fingerprint density at radius 3 is 2.61 bits per heavy atom. The van der Waals surface area contributed by atoms with Gasteiger partial charge in [0.15, 0.2) is 6.29 Å². The highest BCUT2D eigenvalue weighted by molar-refractivity contribution is 5.73. The van der Waals surface area contributed by atoms with E-state index in [-0.39, 0.29) is 0 Å². The summed E-state index contributed by atoms with van der Waals surface area (Å²) in [7, 11) is 0. The lowest BCUT2D eigenvalue weighted by atomic mass is 10.1. The van der Waals surface area contributed by atoms with Gasteiger partial charge in [0.25, 0.3) is 0 Å². The van der Waals surface area contributed by atoms with Crippen LogP contribution in [0.15, 0.2) is 0 Å². The van der Waals surface area contributed by atoms with Gasteiger partial charge in [-0.05, 0) is 38.3 Å². The zero-order chi connectivity index (χ0) is 13.0. The van der Waals surface area contributed by atoms with Gasteiger partial charge in [-0.3, -0.25) is 4.79 Å². The normalized spacial score (nSPS) is 16.6. The number of nitrogens with zero attached hydrogens (tertiary/aromatic N) is 4. The zero-order valence-corrected chi connectivity index (χ0v) is 11.3. The zero-order valence-electron chi connectivity index (χ0n) is 11.3. The van der Waals surface area contributed by atoms with Crippen molar-refractivity contribution in [1.82, 2.24) is 19.9 Å². The molecular weight excluding hydrogens is 228 g/mol. The number of carbonyl (C=O) groups excluding carboxylic acids is 1. The largest absolute Gasteiger partial charge is 0.301 e. The van der Waals surface area contributed by atoms with Gasteiger partial charge >= 0.3 is 0 Å². The van der Waals surface area contributed by atoms with Crippen molar-refractivity contribution in [2.75, 3.05) is 19.6 Å². The van der Waals surface area contributed by atoms with Gasteiger partial charge < -0.3 is 4.90 Å². The van der Waals surface area contributed by atoms with Crippen molar-refractivity contribution in [3.8, 4) is 0 Å². The van der Waals surface area contributed by atoms with Crippen molar-refractivity contribution >= 4 is 6.29 Å². The van der Waals surface area contributed by atoms with Crippen LogP contribution in [0.5, 0.6) is 0 Å². The molecule has 0 bridgehead atoms. The first-order valence-electron chi connectivity index (χ1n) is 6.80. The summed E-state index contributed by atoms with van der Waals surface area (Å²) in [5.74, 6) is 0.507. The summed E-state index contributed by atoms with van der Waals surface area (Å²) in [6, 6.07) is 0. The Morgan fingerprint density at radius 2 is 2.00 bits per heavy atom. The molecule has 0 spiro atoms. The second-order valence-electron chi connectivity index (χ2n) is 5.41. The highest BCUT2D eigenvalue weighted by atomic mass is 16.1. The highest BCUT2D eigenvalue weighted by Crippen LogP contribution is 2.12. The predicted octanol–water partition coefficient (Wildman–Crippen LogP) is 1.38. The Labute approximate surface area is 108 Å². The van der Waals surface area contributed by atoms with Gasteiger partial charge in [-0.25, -0.2) is 4.68 Å². The number of aromatic nitrogens is 3. The molecule has 1 fully saturated rings. The summed E-state index contributed by atoms with van der Waals surface area (Å²) in [6.45, 7) is 8.51. The summed E-state index contributed by atoms with van der Waals surface area (Å²) >= 11 is 0. The van der Waals surface area contributed by atoms with E-state index in [2.05, 4.69) is 29.1 Å². The fourth-order valence-corrected chi connectivity index (χ4v) is 2.46. The highest BCUT2D eigenvalue weighted by Gasteiger charge is 2.16. The fourth-order valence-electron chi connectivity index (χ4n) is 2.46. The van der Waals surface area contributed by atoms with Crippen LogP contribution in [0.4, 0.5) is 0 Å². The Kier molecular flexibility index (Phi) is 4.47. The molecule has 0 amide bonds. The van der Waals surface area contributed by atoms with E-state index < -0.39 is 0 Å². The predicted molar refractivity (Wildman–Crippen MR) is 69.6 cm³/mol. The topological polar surface area (TPSA) is 51.0 Å². The summed E-state index contributed by atoms with van der Waals surface area (Å²) in [4.78, 5) is 13.4. The van der Waals surface area contributed by atoms with E-state index in [1.807, 2.05) is 4.68 Å². The van der Waals surface area contributed by atoms with Crippen LogP contribution < -0.4 is 0 Å². The van der Waals surface area contributed by atoms with Crippen LogP contribution in [0.25, 0.3) is 0 Å². The molecule has 1 aliphatic heterocycles. The number of aldehydes is 1. The van der Waals surface area contributed by atoms with Gasteiger partial charge in [0.2, 0.25) is 0 Å². The number of rotatable bonds is 6. The average molecular weight is 250 g/mol. The molecule has 0 N–H and O–H groups in total. The third-order valence-electron chi connectivity index (χ3n) is 3.41. The maximum atomic E-state index is 11.0. The summed E-state index contributed by atoms with van der Waals surface area (Å²) < 4.78 is 1.90. The van der Waals surface area contributed by atoms with E-state index in [1.54, 1.807) is 0 Å². The smallest absolute Gasteiger partial charge is 0.172 e. The summed E-state index contributed by atoms with van der Waals surface area (Å²) in [5, 5.41) is 8.07. The van der Waals surface area contributed by atoms with Crippen LogP contribution in [0.1, 0.15) is 42.9 Å². The fraction of sp³-hybridized carbons (Fsp3) is 0.769. The Bertz CT molecular complexity index is 394. The first kappa shape index (κ1) is 13.2. The quantitative estimate of drug-likeness (QED) is 0.716. The molecule has 5 nitrogen and oxygen atoms in total. The molecule has 18 heavy (non-hydrogen) atoms. The summed E-state index contributed by atoms with van der Waals surface area (Å²) in [6.07, 6.45) is 4.28. The van der Waals surface area contributed by atoms with Crippen molar-refractivity contribution in [1.29, 1.82) is 0 Å². The Balaban J connectivity index is 2.01. The third-order valence-corrected chi connectivity index (χ3v) is 3.41. The van der Waals surface area contributed by atoms with Crippen LogP contribution in [-0.4, -0.2) is 45.8 Å². The third kappa shape index (κ3) is 3.16. The van der Waals surface area contributed by atoms with E-state index in [1.165, 1.54) is 25.9 Å². The molecule has 0 radical (unpaired) electrons. The minimum absolute atomic E-state index is 0.505. The Hall–Kier alpha value is -1.23. The molecule has 2 rings (SSSR count). The second-order valence-corrected chi connectivity index (χ2v) is 5.41. The van der Waals surface area contributed by atoms with Gasteiger partial charge in [-0.2, -0.15) is 0 Å². The monoisotopic (exact) mass is 250 g/mol. The molecular formula is C13H22N4O. The SMILES string of the molecule is CC(C)Cc1c(C=O)nnn1CCN1CCCC1. The molecule has 0 aromatic carbocycles. The molecule has 1 aliphatic rings. The van der Waals surface area contributed by atoms with Crippen LogP contribution in [0.2, 0.25) is 0 Å². The van der Waals surface area contributed by atoms with Gasteiger partial charge in [-0.15, -0.1) is 5.10 Å². The van der Waals surface area contributed by atoms with Crippen molar-refractivity contribution < 1.29 is 4.79 Å². The minimum atomic E-state index is 0.505. The minimum Gasteiger partial charge on any atom is -0.301 e. The van der Waals surface area contributed by atoms with Crippen LogP contribution in [0, 0.1) is 5.92 Å². The number of hydrogen-bond acceptors (Lipinski definition) is 4. The van der Waals surface area contributed by atoms with Crippen molar-refractivity contribution in [2.45, 2.75) is 39.7 Å². The van der Waals surface area contributed by atoms with E-state index in [9.17, 15) is 4.79 Å². The molecule has 0 aliphatic carbocycles. The standard InChI is InChI=1S/C13H22N4O/c1-11(2)9-13-12(10-18)14-15-17(13)8-7-16-5-3-4-6-16/h10-11H,3-9H2,1-2H3. The molecule has 1 saturated heterocycles. The number of carbonyl (C=O) groups is 1. The molecule has 0 atom stereocenters. The molecule has 5 heteroatoms. The summed E-state index contributed by atoms with van der Waals surface area (Å²) in [5.41, 5.74) is 1.49. The average Bonchev–Trinajstić information content (AvgIpc) is 2.95. The molecule has 1 aromatic rings. The maximum absolute atomic E-state index is 11.0.